The van der Waals surface area contributed by atoms with E-state index >= 15 is 0 Å². The molecule has 2 heterocycles. The SMILES string of the molecule is Cn1cnc(CCNCc2nc3ccccc3s2)n1. The van der Waals surface area contributed by atoms with Crippen molar-refractivity contribution in [1.29, 1.82) is 0 Å². The lowest BCUT2D eigenvalue weighted by atomic mass is 10.3. The minimum atomic E-state index is 0.798. The molecular formula is C13H15N5S. The van der Waals surface area contributed by atoms with Gasteiger partial charge >= 0.3 is 0 Å². The predicted octanol–water partition coefficient (Wildman–Crippen LogP) is 1.76. The molecule has 5 nitrogen and oxygen atoms in total. The topological polar surface area (TPSA) is 55.6 Å². The van der Waals surface area contributed by atoms with Gasteiger partial charge in [0, 0.05) is 26.6 Å². The highest BCUT2D eigenvalue weighted by atomic mass is 32.1. The fourth-order valence-corrected chi connectivity index (χ4v) is 2.83. The third-order valence-electron chi connectivity index (χ3n) is 2.79. The van der Waals surface area contributed by atoms with Crippen molar-refractivity contribution >= 4 is 21.6 Å². The molecule has 6 heteroatoms. The zero-order chi connectivity index (χ0) is 13.1. The summed E-state index contributed by atoms with van der Waals surface area (Å²) < 4.78 is 2.97. The summed E-state index contributed by atoms with van der Waals surface area (Å²) in [6.07, 6.45) is 2.56. The summed E-state index contributed by atoms with van der Waals surface area (Å²) in [5.74, 6) is 0.874. The van der Waals surface area contributed by atoms with E-state index in [2.05, 4.69) is 26.4 Å². The number of nitrogens with zero attached hydrogens (tertiary/aromatic N) is 4. The molecule has 0 aliphatic rings. The maximum atomic E-state index is 4.58. The standard InChI is InChI=1S/C13H15N5S/c1-18-9-15-12(17-18)6-7-14-8-13-16-10-4-2-3-5-11(10)19-13/h2-5,9,14H,6-8H2,1H3. The van der Waals surface area contributed by atoms with E-state index in [1.54, 1.807) is 22.3 Å². The van der Waals surface area contributed by atoms with E-state index in [9.17, 15) is 0 Å². The lowest BCUT2D eigenvalue weighted by Gasteiger charge is -1.99. The Labute approximate surface area is 115 Å². The molecule has 0 fully saturated rings. The average molecular weight is 273 g/mol. The number of aryl methyl sites for hydroxylation is 1. The second kappa shape index (κ2) is 5.46. The third-order valence-corrected chi connectivity index (χ3v) is 3.82. The molecule has 3 aromatic rings. The number of para-hydroxylation sites is 1. The first-order valence-electron chi connectivity index (χ1n) is 6.21. The van der Waals surface area contributed by atoms with E-state index < -0.39 is 0 Å². The summed E-state index contributed by atoms with van der Waals surface area (Å²) >= 11 is 1.74. The van der Waals surface area contributed by atoms with Crippen molar-refractivity contribution in [2.24, 2.45) is 7.05 Å². The molecular weight excluding hydrogens is 258 g/mol. The molecule has 19 heavy (non-hydrogen) atoms. The van der Waals surface area contributed by atoms with E-state index in [0.29, 0.717) is 0 Å². The van der Waals surface area contributed by atoms with Gasteiger partial charge in [-0.05, 0) is 12.1 Å². The van der Waals surface area contributed by atoms with Gasteiger partial charge in [0.05, 0.1) is 10.2 Å². The fourth-order valence-electron chi connectivity index (χ4n) is 1.89. The Morgan fingerprint density at radius 3 is 3.00 bits per heavy atom. The molecule has 0 aliphatic carbocycles. The van der Waals surface area contributed by atoms with Crippen LogP contribution >= 0.6 is 11.3 Å². The van der Waals surface area contributed by atoms with Gasteiger partial charge in [0.25, 0.3) is 0 Å². The molecule has 3 rings (SSSR count). The Bertz CT molecular complexity index is 639. The lowest BCUT2D eigenvalue weighted by molar-refractivity contribution is 0.660. The molecule has 1 aromatic carbocycles. The second-order valence-corrected chi connectivity index (χ2v) is 5.45. The van der Waals surface area contributed by atoms with Crippen LogP contribution in [0.15, 0.2) is 30.6 Å². The van der Waals surface area contributed by atoms with Gasteiger partial charge in [0.2, 0.25) is 0 Å². The van der Waals surface area contributed by atoms with Gasteiger partial charge in [-0.1, -0.05) is 12.1 Å². The number of aromatic nitrogens is 4. The monoisotopic (exact) mass is 273 g/mol. The minimum Gasteiger partial charge on any atom is -0.310 e. The van der Waals surface area contributed by atoms with E-state index in [1.165, 1.54) is 4.70 Å². The van der Waals surface area contributed by atoms with Crippen molar-refractivity contribution in [3.63, 3.8) is 0 Å². The maximum absolute atomic E-state index is 4.58. The molecule has 2 aromatic heterocycles. The largest absolute Gasteiger partial charge is 0.310 e. The van der Waals surface area contributed by atoms with Crippen LogP contribution in [0.4, 0.5) is 0 Å². The Balaban J connectivity index is 1.52. The molecule has 0 aliphatic heterocycles. The summed E-state index contributed by atoms with van der Waals surface area (Å²) in [5.41, 5.74) is 1.08. The van der Waals surface area contributed by atoms with Gasteiger partial charge < -0.3 is 5.32 Å². The van der Waals surface area contributed by atoms with Gasteiger partial charge in [-0.2, -0.15) is 5.10 Å². The number of thiazole rings is 1. The molecule has 0 saturated carbocycles. The normalized spacial score (nSPS) is 11.2. The summed E-state index contributed by atoms with van der Waals surface area (Å²) in [4.78, 5) is 8.78. The van der Waals surface area contributed by atoms with Crippen LogP contribution in [0, 0.1) is 0 Å². The highest BCUT2D eigenvalue weighted by Crippen LogP contribution is 2.21. The van der Waals surface area contributed by atoms with Crippen molar-refractivity contribution in [2.75, 3.05) is 6.54 Å². The summed E-state index contributed by atoms with van der Waals surface area (Å²) in [5, 5.41) is 8.74. The first-order chi connectivity index (χ1) is 9.31. The van der Waals surface area contributed by atoms with Crippen molar-refractivity contribution in [3.8, 4) is 0 Å². The van der Waals surface area contributed by atoms with Crippen molar-refractivity contribution < 1.29 is 0 Å². The Kier molecular flexibility index (Phi) is 3.52. The number of nitrogens with one attached hydrogen (secondary N) is 1. The minimum absolute atomic E-state index is 0.798. The molecule has 1 N–H and O–H groups in total. The Hall–Kier alpha value is -1.79. The number of hydrogen-bond donors (Lipinski definition) is 1. The molecule has 0 bridgehead atoms. The number of rotatable bonds is 5. The zero-order valence-corrected chi connectivity index (χ0v) is 11.5. The molecule has 0 radical (unpaired) electrons. The fraction of sp³-hybridized carbons (Fsp3) is 0.308. The van der Waals surface area contributed by atoms with E-state index in [1.807, 2.05) is 25.2 Å². The van der Waals surface area contributed by atoms with Crippen LogP contribution in [0.2, 0.25) is 0 Å². The number of benzene rings is 1. The van der Waals surface area contributed by atoms with Crippen LogP contribution in [0.25, 0.3) is 10.2 Å². The van der Waals surface area contributed by atoms with Gasteiger partial charge in [-0.3, -0.25) is 4.68 Å². The number of fused-ring (bicyclic) bond motifs is 1. The maximum Gasteiger partial charge on any atom is 0.151 e. The Morgan fingerprint density at radius 2 is 2.21 bits per heavy atom. The molecule has 0 atom stereocenters. The van der Waals surface area contributed by atoms with Crippen molar-refractivity contribution in [3.05, 3.63) is 41.4 Å². The lowest BCUT2D eigenvalue weighted by Crippen LogP contribution is -2.17. The third kappa shape index (κ3) is 2.97. The average Bonchev–Trinajstić information content (AvgIpc) is 3.00. The van der Waals surface area contributed by atoms with Gasteiger partial charge in [0.1, 0.15) is 11.3 Å². The van der Waals surface area contributed by atoms with Crippen molar-refractivity contribution in [2.45, 2.75) is 13.0 Å². The predicted molar refractivity (Wildman–Crippen MR) is 76.0 cm³/mol. The van der Waals surface area contributed by atoms with E-state index in [4.69, 9.17) is 0 Å². The summed E-state index contributed by atoms with van der Waals surface area (Å²) in [6.45, 7) is 1.66. The first kappa shape index (κ1) is 12.3. The Morgan fingerprint density at radius 1 is 1.32 bits per heavy atom. The van der Waals surface area contributed by atoms with Crippen LogP contribution < -0.4 is 5.32 Å². The highest BCUT2D eigenvalue weighted by Gasteiger charge is 2.03. The summed E-state index contributed by atoms with van der Waals surface area (Å²) in [6, 6.07) is 8.22. The summed E-state index contributed by atoms with van der Waals surface area (Å²) in [7, 11) is 1.88. The smallest absolute Gasteiger partial charge is 0.151 e. The van der Waals surface area contributed by atoms with Crippen LogP contribution in [0.1, 0.15) is 10.8 Å². The van der Waals surface area contributed by atoms with Crippen LogP contribution in [0.3, 0.4) is 0 Å². The number of hydrogen-bond acceptors (Lipinski definition) is 5. The zero-order valence-electron chi connectivity index (χ0n) is 10.7. The van der Waals surface area contributed by atoms with Crippen LogP contribution in [-0.4, -0.2) is 26.3 Å². The molecule has 0 amide bonds. The molecule has 0 saturated heterocycles. The highest BCUT2D eigenvalue weighted by molar-refractivity contribution is 7.18. The molecule has 0 spiro atoms. The van der Waals surface area contributed by atoms with E-state index in [-0.39, 0.29) is 0 Å². The second-order valence-electron chi connectivity index (χ2n) is 4.34. The molecule has 0 unspecified atom stereocenters. The molecule has 98 valence electrons. The van der Waals surface area contributed by atoms with Crippen LogP contribution in [0.5, 0.6) is 0 Å². The van der Waals surface area contributed by atoms with Gasteiger partial charge in [-0.25, -0.2) is 9.97 Å². The van der Waals surface area contributed by atoms with E-state index in [0.717, 1.165) is 35.9 Å². The quantitative estimate of drug-likeness (QED) is 0.720. The first-order valence-corrected chi connectivity index (χ1v) is 7.02. The van der Waals surface area contributed by atoms with Gasteiger partial charge in [-0.15, -0.1) is 11.3 Å². The van der Waals surface area contributed by atoms with Crippen LogP contribution in [-0.2, 0) is 20.0 Å². The van der Waals surface area contributed by atoms with Crippen molar-refractivity contribution in [1.82, 2.24) is 25.1 Å². The van der Waals surface area contributed by atoms with Gasteiger partial charge in [0.15, 0.2) is 5.82 Å².